The predicted molar refractivity (Wildman–Crippen MR) is 94.0 cm³/mol. The second-order valence-electron chi connectivity index (χ2n) is 7.06. The smallest absolute Gasteiger partial charge is 0.252 e. The third-order valence-corrected chi connectivity index (χ3v) is 5.33. The van der Waals surface area contributed by atoms with E-state index in [1.54, 1.807) is 0 Å². The summed E-state index contributed by atoms with van der Waals surface area (Å²) in [5, 5.41) is 0. The van der Waals surface area contributed by atoms with Gasteiger partial charge in [0, 0.05) is 28.7 Å². The Labute approximate surface area is 149 Å². The van der Waals surface area contributed by atoms with Crippen molar-refractivity contribution in [2.45, 2.75) is 30.9 Å². The quantitative estimate of drug-likeness (QED) is 0.423. The Morgan fingerprint density at radius 3 is 2.27 bits per heavy atom. The second-order valence-corrected chi connectivity index (χ2v) is 7.06. The Morgan fingerprint density at radius 1 is 0.885 bits per heavy atom. The molecule has 26 heavy (non-hydrogen) atoms. The molecule has 0 bridgehead atoms. The summed E-state index contributed by atoms with van der Waals surface area (Å²) >= 11 is 0. The summed E-state index contributed by atoms with van der Waals surface area (Å²) in [6, 6.07) is 18.3. The minimum absolute atomic E-state index is 0.171. The fourth-order valence-electron chi connectivity index (χ4n) is 4.01. The molecule has 130 valence electrons. The van der Waals surface area contributed by atoms with Crippen molar-refractivity contribution in [1.82, 2.24) is 4.98 Å². The Hall–Kier alpha value is -2.62. The van der Waals surface area contributed by atoms with Crippen LogP contribution in [-0.4, -0.2) is 4.98 Å². The molecule has 3 aromatic rings. The van der Waals surface area contributed by atoms with Gasteiger partial charge in [-0.3, -0.25) is 4.98 Å². The number of aromatic nitrogens is 1. The molecule has 5 rings (SSSR count). The third-order valence-electron chi connectivity index (χ3n) is 5.33. The Balaban J connectivity index is 1.84. The molecule has 4 heteroatoms. The lowest BCUT2D eigenvalue weighted by Gasteiger charge is -2.20. The maximum absolute atomic E-state index is 14.0. The number of pyridine rings is 1. The zero-order chi connectivity index (χ0) is 17.9. The van der Waals surface area contributed by atoms with E-state index in [4.69, 9.17) is 4.98 Å². The van der Waals surface area contributed by atoms with Gasteiger partial charge < -0.3 is 0 Å². The lowest BCUT2D eigenvalue weighted by atomic mass is 9.87. The largest absolute Gasteiger partial charge is 0.416 e. The van der Waals surface area contributed by atoms with Gasteiger partial charge in [0.25, 0.3) is 0 Å². The molecule has 0 radical (unpaired) electrons. The van der Waals surface area contributed by atoms with Gasteiger partial charge in [0.1, 0.15) is 0 Å². The fourth-order valence-corrected chi connectivity index (χ4v) is 4.01. The molecular formula is C22H16F3N. The van der Waals surface area contributed by atoms with E-state index in [0.29, 0.717) is 17.0 Å². The normalized spacial score (nSPS) is 18.5. The Kier molecular flexibility index (Phi) is 3.27. The maximum Gasteiger partial charge on any atom is 0.416 e. The summed E-state index contributed by atoms with van der Waals surface area (Å²) in [4.78, 5) is 4.71. The van der Waals surface area contributed by atoms with Gasteiger partial charge in [-0.05, 0) is 30.0 Å². The number of hydrogen-bond acceptors (Lipinski definition) is 1. The molecule has 1 unspecified atom stereocenters. The van der Waals surface area contributed by atoms with Crippen LogP contribution in [0.15, 0.2) is 60.7 Å². The zero-order valence-electron chi connectivity index (χ0n) is 13.9. The SMILES string of the molecule is FC(F)(F)c1cc(C2CC2)nc2c1C(c1ccccc1)c1ccccc1-2. The highest BCUT2D eigenvalue weighted by Crippen LogP contribution is 2.53. The van der Waals surface area contributed by atoms with Crippen molar-refractivity contribution in [3.05, 3.63) is 88.6 Å². The number of halogens is 3. The van der Waals surface area contributed by atoms with Crippen LogP contribution in [0, 0.1) is 0 Å². The number of rotatable bonds is 2. The summed E-state index contributed by atoms with van der Waals surface area (Å²) in [7, 11) is 0. The molecule has 0 N–H and O–H groups in total. The highest BCUT2D eigenvalue weighted by atomic mass is 19.4. The first kappa shape index (κ1) is 15.6. The molecule has 1 saturated carbocycles. The van der Waals surface area contributed by atoms with Crippen LogP contribution in [0.4, 0.5) is 13.2 Å². The van der Waals surface area contributed by atoms with Crippen LogP contribution in [0.5, 0.6) is 0 Å². The summed E-state index contributed by atoms with van der Waals surface area (Å²) in [5.74, 6) is -0.260. The van der Waals surface area contributed by atoms with Crippen molar-refractivity contribution < 1.29 is 13.2 Å². The highest BCUT2D eigenvalue weighted by Gasteiger charge is 2.43. The monoisotopic (exact) mass is 351 g/mol. The van der Waals surface area contributed by atoms with Crippen molar-refractivity contribution in [2.24, 2.45) is 0 Å². The second kappa shape index (κ2) is 5.44. The summed E-state index contributed by atoms with van der Waals surface area (Å²) in [5.41, 5.74) is 3.45. The van der Waals surface area contributed by atoms with Gasteiger partial charge in [-0.1, -0.05) is 54.6 Å². The number of benzene rings is 2. The molecular weight excluding hydrogens is 335 g/mol. The van der Waals surface area contributed by atoms with Gasteiger partial charge in [-0.15, -0.1) is 0 Å². The summed E-state index contributed by atoms with van der Waals surface area (Å²) < 4.78 is 42.0. The molecule has 2 aliphatic rings. The minimum Gasteiger partial charge on any atom is -0.252 e. The fraction of sp³-hybridized carbons (Fsp3) is 0.227. The first-order chi connectivity index (χ1) is 12.5. The molecule has 1 nitrogen and oxygen atoms in total. The van der Waals surface area contributed by atoms with Crippen molar-refractivity contribution >= 4 is 0 Å². The molecule has 0 saturated heterocycles. The molecule has 0 amide bonds. The first-order valence-electron chi connectivity index (χ1n) is 8.80. The van der Waals surface area contributed by atoms with E-state index in [1.165, 1.54) is 6.07 Å². The van der Waals surface area contributed by atoms with Gasteiger partial charge in [0.05, 0.1) is 11.3 Å². The topological polar surface area (TPSA) is 12.9 Å². The standard InChI is InChI=1S/C22H16F3N/c23-22(24,25)17-12-18(13-10-11-13)26-21-16-9-5-4-8-15(16)19(20(17)21)14-6-2-1-3-7-14/h1-9,12-13,19H,10-11H2. The van der Waals surface area contributed by atoms with E-state index in [0.717, 1.165) is 29.5 Å². The van der Waals surface area contributed by atoms with Crippen LogP contribution in [0.25, 0.3) is 11.3 Å². The van der Waals surface area contributed by atoms with Gasteiger partial charge in [0.2, 0.25) is 0 Å². The van der Waals surface area contributed by atoms with Crippen LogP contribution >= 0.6 is 0 Å². The lowest BCUT2D eigenvalue weighted by Crippen LogP contribution is -2.14. The molecule has 1 aromatic heterocycles. The van der Waals surface area contributed by atoms with E-state index < -0.39 is 17.7 Å². The molecule has 2 aliphatic carbocycles. The van der Waals surface area contributed by atoms with Crippen LogP contribution in [0.1, 0.15) is 52.6 Å². The number of fused-ring (bicyclic) bond motifs is 3. The molecule has 1 fully saturated rings. The van der Waals surface area contributed by atoms with E-state index in [-0.39, 0.29) is 5.92 Å². The van der Waals surface area contributed by atoms with E-state index >= 15 is 0 Å². The van der Waals surface area contributed by atoms with Crippen LogP contribution < -0.4 is 0 Å². The molecule has 2 aromatic carbocycles. The van der Waals surface area contributed by atoms with E-state index in [2.05, 4.69) is 0 Å². The zero-order valence-corrected chi connectivity index (χ0v) is 13.9. The molecule has 0 spiro atoms. The van der Waals surface area contributed by atoms with Crippen molar-refractivity contribution in [2.75, 3.05) is 0 Å². The molecule has 1 heterocycles. The number of alkyl halides is 3. The predicted octanol–water partition coefficient (Wildman–Crippen LogP) is 6.14. The average molecular weight is 351 g/mol. The van der Waals surface area contributed by atoms with Crippen LogP contribution in [0.3, 0.4) is 0 Å². The van der Waals surface area contributed by atoms with Gasteiger partial charge in [0.15, 0.2) is 0 Å². The summed E-state index contributed by atoms with van der Waals surface area (Å²) in [6.07, 6.45) is -2.55. The van der Waals surface area contributed by atoms with Crippen molar-refractivity contribution in [3.63, 3.8) is 0 Å². The molecule has 0 aliphatic heterocycles. The van der Waals surface area contributed by atoms with Gasteiger partial charge in [-0.25, -0.2) is 0 Å². The van der Waals surface area contributed by atoms with E-state index in [9.17, 15) is 13.2 Å². The number of hydrogen-bond donors (Lipinski definition) is 0. The van der Waals surface area contributed by atoms with Gasteiger partial charge >= 0.3 is 6.18 Å². The first-order valence-corrected chi connectivity index (χ1v) is 8.80. The average Bonchev–Trinajstić information content (AvgIpc) is 3.43. The maximum atomic E-state index is 14.0. The number of nitrogens with zero attached hydrogens (tertiary/aromatic N) is 1. The molecule has 1 atom stereocenters. The van der Waals surface area contributed by atoms with Gasteiger partial charge in [-0.2, -0.15) is 13.2 Å². The Bertz CT molecular complexity index is 988. The highest BCUT2D eigenvalue weighted by molar-refractivity contribution is 5.79. The van der Waals surface area contributed by atoms with E-state index in [1.807, 2.05) is 54.6 Å². The minimum atomic E-state index is -4.40. The Morgan fingerprint density at radius 2 is 1.58 bits per heavy atom. The lowest BCUT2D eigenvalue weighted by molar-refractivity contribution is -0.138. The summed E-state index contributed by atoms with van der Waals surface area (Å²) in [6.45, 7) is 0. The van der Waals surface area contributed by atoms with Crippen molar-refractivity contribution in [3.8, 4) is 11.3 Å². The van der Waals surface area contributed by atoms with Crippen molar-refractivity contribution in [1.29, 1.82) is 0 Å². The van der Waals surface area contributed by atoms with Crippen LogP contribution in [-0.2, 0) is 6.18 Å². The van der Waals surface area contributed by atoms with Crippen LogP contribution in [0.2, 0.25) is 0 Å². The third kappa shape index (κ3) is 2.36.